The van der Waals surface area contributed by atoms with Crippen LogP contribution < -0.4 is 5.32 Å². The number of rotatable bonds is 3. The molecule has 2 rings (SSSR count). The molecule has 0 saturated carbocycles. The fraction of sp³-hybridized carbons (Fsp3) is 0.462. The van der Waals surface area contributed by atoms with Gasteiger partial charge in [-0.3, -0.25) is 4.79 Å². The monoisotopic (exact) mass is 219 g/mol. The molecule has 86 valence electrons. The predicted molar refractivity (Wildman–Crippen MR) is 62.0 cm³/mol. The van der Waals surface area contributed by atoms with Gasteiger partial charge in [-0.25, -0.2) is 0 Å². The second-order valence-electron chi connectivity index (χ2n) is 4.30. The van der Waals surface area contributed by atoms with E-state index in [0.717, 1.165) is 0 Å². The lowest BCUT2D eigenvalue weighted by molar-refractivity contribution is -0.140. The third-order valence-electron chi connectivity index (χ3n) is 3.03. The van der Waals surface area contributed by atoms with E-state index in [4.69, 9.17) is 4.74 Å². The van der Waals surface area contributed by atoms with Crippen molar-refractivity contribution in [2.45, 2.75) is 38.5 Å². The van der Waals surface area contributed by atoms with Crippen molar-refractivity contribution in [1.29, 1.82) is 0 Å². The Balaban J connectivity index is 1.98. The van der Waals surface area contributed by atoms with E-state index in [1.165, 1.54) is 5.56 Å². The van der Waals surface area contributed by atoms with Gasteiger partial charge in [-0.1, -0.05) is 30.3 Å². The van der Waals surface area contributed by atoms with Gasteiger partial charge in [-0.2, -0.15) is 0 Å². The molecule has 3 atom stereocenters. The minimum Gasteiger partial charge on any atom is -0.461 e. The average Bonchev–Trinajstić information content (AvgIpc) is 2.59. The quantitative estimate of drug-likeness (QED) is 0.791. The highest BCUT2D eigenvalue weighted by Crippen LogP contribution is 2.19. The zero-order valence-electron chi connectivity index (χ0n) is 9.64. The van der Waals surface area contributed by atoms with Crippen molar-refractivity contribution in [3.63, 3.8) is 0 Å². The van der Waals surface area contributed by atoms with Gasteiger partial charge < -0.3 is 10.1 Å². The Labute approximate surface area is 95.8 Å². The summed E-state index contributed by atoms with van der Waals surface area (Å²) in [5, 5.41) is 3.43. The Morgan fingerprint density at radius 2 is 2.06 bits per heavy atom. The minimum atomic E-state index is -0.106. The zero-order valence-corrected chi connectivity index (χ0v) is 9.64. The van der Waals surface area contributed by atoms with Gasteiger partial charge in [0.15, 0.2) is 0 Å². The fourth-order valence-electron chi connectivity index (χ4n) is 2.04. The number of cyclic esters (lactones) is 1. The molecule has 0 bridgehead atoms. The van der Waals surface area contributed by atoms with Crippen LogP contribution in [0.5, 0.6) is 0 Å². The first-order valence-electron chi connectivity index (χ1n) is 5.67. The zero-order chi connectivity index (χ0) is 11.5. The number of esters is 1. The summed E-state index contributed by atoms with van der Waals surface area (Å²) in [6, 6.07) is 10.6. The highest BCUT2D eigenvalue weighted by atomic mass is 16.5. The molecule has 0 unspecified atom stereocenters. The molecule has 1 aliphatic heterocycles. The molecule has 1 heterocycles. The van der Waals surface area contributed by atoms with Gasteiger partial charge in [-0.05, 0) is 19.4 Å². The number of nitrogens with one attached hydrogen (secondary N) is 1. The number of ether oxygens (including phenoxy) is 1. The Hall–Kier alpha value is -1.35. The molecule has 0 aromatic heterocycles. The van der Waals surface area contributed by atoms with E-state index < -0.39 is 0 Å². The van der Waals surface area contributed by atoms with Crippen LogP contribution in [0, 0.1) is 0 Å². The summed E-state index contributed by atoms with van der Waals surface area (Å²) < 4.78 is 5.11. The van der Waals surface area contributed by atoms with Gasteiger partial charge in [0.25, 0.3) is 0 Å². The molecule has 3 nitrogen and oxygen atoms in total. The van der Waals surface area contributed by atoms with Crippen LogP contribution in [0.4, 0.5) is 0 Å². The van der Waals surface area contributed by atoms with Crippen LogP contribution in [-0.2, 0) is 9.53 Å². The highest BCUT2D eigenvalue weighted by molar-refractivity contribution is 5.72. The molecule has 1 aromatic rings. The van der Waals surface area contributed by atoms with Gasteiger partial charge in [0, 0.05) is 6.04 Å². The van der Waals surface area contributed by atoms with Gasteiger partial charge >= 0.3 is 5.97 Å². The molecule has 3 heteroatoms. The molecule has 0 spiro atoms. The van der Waals surface area contributed by atoms with Crippen molar-refractivity contribution in [3.8, 4) is 0 Å². The standard InChI is InChI=1S/C13H17NO2/c1-9(11-6-4-3-5-7-11)14-12-8-13(15)16-10(12)2/h3-7,9-10,12,14H,8H2,1-2H3/t9-,10-,12-/m0/s1. The normalized spacial score (nSPS) is 26.5. The first-order chi connectivity index (χ1) is 7.66. The van der Waals surface area contributed by atoms with Gasteiger partial charge in [-0.15, -0.1) is 0 Å². The maximum absolute atomic E-state index is 11.1. The molecule has 1 fully saturated rings. The van der Waals surface area contributed by atoms with Crippen molar-refractivity contribution < 1.29 is 9.53 Å². The Bertz CT molecular complexity index is 363. The lowest BCUT2D eigenvalue weighted by Gasteiger charge is -2.21. The molecule has 0 radical (unpaired) electrons. The summed E-state index contributed by atoms with van der Waals surface area (Å²) in [7, 11) is 0. The van der Waals surface area contributed by atoms with Gasteiger partial charge in [0.2, 0.25) is 0 Å². The van der Waals surface area contributed by atoms with Crippen molar-refractivity contribution in [2.24, 2.45) is 0 Å². The van der Waals surface area contributed by atoms with Crippen LogP contribution >= 0.6 is 0 Å². The largest absolute Gasteiger partial charge is 0.461 e. The number of carbonyl (C=O) groups is 1. The lowest BCUT2D eigenvalue weighted by Crippen LogP contribution is -2.36. The van der Waals surface area contributed by atoms with Crippen LogP contribution in [0.25, 0.3) is 0 Å². The van der Waals surface area contributed by atoms with E-state index >= 15 is 0 Å². The van der Waals surface area contributed by atoms with Crippen molar-refractivity contribution in [3.05, 3.63) is 35.9 Å². The molecule has 16 heavy (non-hydrogen) atoms. The van der Waals surface area contributed by atoms with Crippen molar-refractivity contribution in [1.82, 2.24) is 5.32 Å². The van der Waals surface area contributed by atoms with E-state index in [-0.39, 0.29) is 24.2 Å². The maximum Gasteiger partial charge on any atom is 0.307 e. The third kappa shape index (κ3) is 2.42. The van der Waals surface area contributed by atoms with Gasteiger partial charge in [0.1, 0.15) is 6.10 Å². The lowest BCUT2D eigenvalue weighted by atomic mass is 10.1. The van der Waals surface area contributed by atoms with Crippen LogP contribution in [0.3, 0.4) is 0 Å². The van der Waals surface area contributed by atoms with E-state index in [1.54, 1.807) is 0 Å². The Kier molecular flexibility index (Phi) is 3.25. The molecule has 0 amide bonds. The van der Waals surface area contributed by atoms with Crippen molar-refractivity contribution >= 4 is 5.97 Å². The number of benzene rings is 1. The van der Waals surface area contributed by atoms with Crippen LogP contribution in [0.1, 0.15) is 31.9 Å². The summed E-state index contributed by atoms with van der Waals surface area (Å²) in [6.45, 7) is 4.03. The first kappa shape index (κ1) is 11.1. The molecule has 1 saturated heterocycles. The topological polar surface area (TPSA) is 38.3 Å². The van der Waals surface area contributed by atoms with E-state index in [0.29, 0.717) is 6.42 Å². The number of hydrogen-bond donors (Lipinski definition) is 1. The first-order valence-corrected chi connectivity index (χ1v) is 5.67. The highest BCUT2D eigenvalue weighted by Gasteiger charge is 2.32. The van der Waals surface area contributed by atoms with Crippen LogP contribution in [0.2, 0.25) is 0 Å². The SMILES string of the molecule is C[C@H](N[C@H]1CC(=O)O[C@H]1C)c1ccccc1. The second kappa shape index (κ2) is 4.66. The smallest absolute Gasteiger partial charge is 0.307 e. The molecular weight excluding hydrogens is 202 g/mol. The number of carbonyl (C=O) groups excluding carboxylic acids is 1. The van der Waals surface area contributed by atoms with Crippen molar-refractivity contribution in [2.75, 3.05) is 0 Å². The molecule has 1 N–H and O–H groups in total. The predicted octanol–water partition coefficient (Wildman–Crippen LogP) is 2.04. The maximum atomic E-state index is 11.1. The third-order valence-corrected chi connectivity index (χ3v) is 3.03. The molecule has 1 aromatic carbocycles. The van der Waals surface area contributed by atoms with Crippen LogP contribution in [0.15, 0.2) is 30.3 Å². The summed E-state index contributed by atoms with van der Waals surface area (Å²) in [5.74, 6) is -0.106. The van der Waals surface area contributed by atoms with E-state index in [2.05, 4.69) is 24.4 Å². The Morgan fingerprint density at radius 3 is 2.62 bits per heavy atom. The molecule has 1 aliphatic rings. The van der Waals surface area contributed by atoms with E-state index in [9.17, 15) is 4.79 Å². The average molecular weight is 219 g/mol. The fourth-order valence-corrected chi connectivity index (χ4v) is 2.04. The van der Waals surface area contributed by atoms with E-state index in [1.807, 2.05) is 25.1 Å². The molecular formula is C13H17NO2. The number of hydrogen-bond acceptors (Lipinski definition) is 3. The summed E-state index contributed by atoms with van der Waals surface area (Å²) >= 11 is 0. The summed E-state index contributed by atoms with van der Waals surface area (Å²) in [5.41, 5.74) is 1.23. The van der Waals surface area contributed by atoms with Crippen LogP contribution in [-0.4, -0.2) is 18.1 Å². The molecule has 0 aliphatic carbocycles. The van der Waals surface area contributed by atoms with Gasteiger partial charge in [0.05, 0.1) is 12.5 Å². The second-order valence-corrected chi connectivity index (χ2v) is 4.30. The minimum absolute atomic E-state index is 0.0290. The summed E-state index contributed by atoms with van der Waals surface area (Å²) in [4.78, 5) is 11.1. The summed E-state index contributed by atoms with van der Waals surface area (Å²) in [6.07, 6.45) is 0.442. The Morgan fingerprint density at radius 1 is 1.38 bits per heavy atom.